The van der Waals surface area contributed by atoms with Gasteiger partial charge in [-0.05, 0) is 74.8 Å². The van der Waals surface area contributed by atoms with E-state index in [2.05, 4.69) is 127 Å². The molecule has 0 atom stereocenters. The van der Waals surface area contributed by atoms with Crippen molar-refractivity contribution in [3.8, 4) is 85.1 Å². The summed E-state index contributed by atoms with van der Waals surface area (Å²) in [5.41, 5.74) is 13.7. The van der Waals surface area contributed by atoms with Crippen LogP contribution in [-0.2, 0) is 5.41 Å². The SMILES string of the molecule is N#Cc1cccc(-c2ccc3c(c2)Oc2cc(-c4nc(-c5ccccc5)nc(-c5cccc(-c6ccccc6)c5)n4)ccc2C32c3ccccc3-c3ccccc32)c1. The Hall–Kier alpha value is -7.94. The van der Waals surface area contributed by atoms with E-state index in [9.17, 15) is 5.26 Å². The minimum Gasteiger partial charge on any atom is -0.457 e. The fourth-order valence-corrected chi connectivity index (χ4v) is 8.82. The summed E-state index contributed by atoms with van der Waals surface area (Å²) < 4.78 is 7.03. The molecule has 5 nitrogen and oxygen atoms in total. The van der Waals surface area contributed by atoms with E-state index in [-0.39, 0.29) is 0 Å². The van der Waals surface area contributed by atoms with Gasteiger partial charge in [0.2, 0.25) is 0 Å². The van der Waals surface area contributed by atoms with Crippen molar-refractivity contribution in [1.29, 1.82) is 5.26 Å². The van der Waals surface area contributed by atoms with Crippen molar-refractivity contribution < 1.29 is 4.74 Å². The predicted octanol–water partition coefficient (Wildman–Crippen LogP) is 12.5. The zero-order valence-corrected chi connectivity index (χ0v) is 31.2. The van der Waals surface area contributed by atoms with Crippen LogP contribution in [0.15, 0.2) is 194 Å². The Morgan fingerprint density at radius 1 is 0.362 bits per heavy atom. The van der Waals surface area contributed by atoms with Crippen molar-refractivity contribution in [2.45, 2.75) is 5.41 Å². The second-order valence-corrected chi connectivity index (χ2v) is 14.7. The van der Waals surface area contributed by atoms with Gasteiger partial charge in [0.1, 0.15) is 11.5 Å². The maximum absolute atomic E-state index is 9.69. The molecule has 1 aliphatic heterocycles. The number of hydrogen-bond donors (Lipinski definition) is 0. The summed E-state index contributed by atoms with van der Waals surface area (Å²) in [7, 11) is 0. The smallest absolute Gasteiger partial charge is 0.164 e. The third-order valence-corrected chi connectivity index (χ3v) is 11.4. The predicted molar refractivity (Wildman–Crippen MR) is 229 cm³/mol. The minimum absolute atomic E-state index is 0.550. The Morgan fingerprint density at radius 3 is 1.45 bits per heavy atom. The van der Waals surface area contributed by atoms with E-state index in [0.717, 1.165) is 61.6 Å². The summed E-state index contributed by atoms with van der Waals surface area (Å²) in [6.45, 7) is 0. The number of fused-ring (bicyclic) bond motifs is 9. The number of hydrogen-bond acceptors (Lipinski definition) is 5. The molecule has 58 heavy (non-hydrogen) atoms. The van der Waals surface area contributed by atoms with Crippen molar-refractivity contribution in [1.82, 2.24) is 15.0 Å². The molecule has 11 rings (SSSR count). The maximum atomic E-state index is 9.69. The van der Waals surface area contributed by atoms with Crippen LogP contribution < -0.4 is 4.74 Å². The number of aromatic nitrogens is 3. The molecular formula is C53H32N4O. The molecule has 1 aliphatic carbocycles. The Bertz CT molecular complexity index is 3070. The van der Waals surface area contributed by atoms with E-state index >= 15 is 0 Å². The van der Waals surface area contributed by atoms with Gasteiger partial charge >= 0.3 is 0 Å². The first-order valence-electron chi connectivity index (χ1n) is 19.3. The lowest BCUT2D eigenvalue weighted by molar-refractivity contribution is 0.437. The lowest BCUT2D eigenvalue weighted by Crippen LogP contribution is -2.32. The molecule has 0 unspecified atom stereocenters. The number of ether oxygens (including phenoxy) is 1. The molecule has 0 saturated heterocycles. The number of nitriles is 1. The van der Waals surface area contributed by atoms with Gasteiger partial charge in [0, 0.05) is 27.8 Å². The fraction of sp³-hybridized carbons (Fsp3) is 0.0189. The number of nitrogens with zero attached hydrogens (tertiary/aromatic N) is 4. The van der Waals surface area contributed by atoms with Crippen molar-refractivity contribution in [2.24, 2.45) is 0 Å². The maximum Gasteiger partial charge on any atom is 0.164 e. The quantitative estimate of drug-likeness (QED) is 0.176. The van der Waals surface area contributed by atoms with Gasteiger partial charge in [-0.2, -0.15) is 5.26 Å². The van der Waals surface area contributed by atoms with E-state index in [0.29, 0.717) is 23.0 Å². The average Bonchev–Trinajstić information content (AvgIpc) is 3.59. The van der Waals surface area contributed by atoms with Crippen molar-refractivity contribution in [3.63, 3.8) is 0 Å². The van der Waals surface area contributed by atoms with Crippen LogP contribution in [0.3, 0.4) is 0 Å². The molecule has 0 amide bonds. The first-order valence-corrected chi connectivity index (χ1v) is 19.3. The summed E-state index contributed by atoms with van der Waals surface area (Å²) in [5.74, 6) is 3.22. The standard InChI is InChI=1S/C53H32N4O/c54-33-34-13-11-18-37(29-34)39-25-27-46-48(31-39)58-49-32-41(26-28-47(49)53(46)44-23-9-7-21-42(44)43-22-8-10-24-45(43)53)52-56-50(36-16-5-2-6-17-36)55-51(57-52)40-20-12-19-38(30-40)35-14-3-1-4-15-35/h1-32H. The van der Waals surface area contributed by atoms with Crippen LogP contribution in [0.4, 0.5) is 0 Å². The number of benzene rings is 8. The second kappa shape index (κ2) is 13.4. The van der Waals surface area contributed by atoms with Crippen LogP contribution in [0.1, 0.15) is 27.8 Å². The van der Waals surface area contributed by atoms with Gasteiger partial charge in [-0.1, -0.05) is 164 Å². The summed E-state index contributed by atoms with van der Waals surface area (Å²) in [4.78, 5) is 15.3. The topological polar surface area (TPSA) is 71.7 Å². The average molecular weight is 741 g/mol. The lowest BCUT2D eigenvalue weighted by Gasteiger charge is -2.39. The van der Waals surface area contributed by atoms with Crippen molar-refractivity contribution >= 4 is 0 Å². The molecule has 1 aromatic heterocycles. The Labute approximate surface area is 336 Å². The van der Waals surface area contributed by atoms with Gasteiger partial charge in [-0.3, -0.25) is 0 Å². The van der Waals surface area contributed by atoms with Crippen LogP contribution in [0.2, 0.25) is 0 Å². The number of rotatable bonds is 5. The van der Waals surface area contributed by atoms with E-state index in [1.54, 1.807) is 0 Å². The third-order valence-electron chi connectivity index (χ3n) is 11.4. The second-order valence-electron chi connectivity index (χ2n) is 14.7. The zero-order chi connectivity index (χ0) is 38.6. The van der Waals surface area contributed by atoms with Gasteiger partial charge in [0.15, 0.2) is 17.5 Å². The molecule has 8 aromatic carbocycles. The molecule has 0 saturated carbocycles. The van der Waals surface area contributed by atoms with Crippen LogP contribution in [0.5, 0.6) is 11.5 Å². The highest BCUT2D eigenvalue weighted by molar-refractivity contribution is 5.89. The van der Waals surface area contributed by atoms with Crippen LogP contribution in [-0.4, -0.2) is 15.0 Å². The largest absolute Gasteiger partial charge is 0.457 e. The minimum atomic E-state index is -0.640. The molecule has 2 aliphatic rings. The van der Waals surface area contributed by atoms with Gasteiger partial charge in [-0.25, -0.2) is 15.0 Å². The molecule has 2 heterocycles. The van der Waals surface area contributed by atoms with Crippen molar-refractivity contribution in [3.05, 3.63) is 222 Å². The summed E-state index contributed by atoms with van der Waals surface area (Å²) in [5, 5.41) is 9.69. The summed E-state index contributed by atoms with van der Waals surface area (Å²) in [6.07, 6.45) is 0. The Kier molecular flexibility index (Phi) is 7.70. The normalized spacial score (nSPS) is 12.7. The molecule has 0 N–H and O–H groups in total. The van der Waals surface area contributed by atoms with Crippen LogP contribution in [0.25, 0.3) is 67.5 Å². The zero-order valence-electron chi connectivity index (χ0n) is 31.2. The molecule has 5 heteroatoms. The Balaban J connectivity index is 1.12. The third kappa shape index (κ3) is 5.27. The van der Waals surface area contributed by atoms with Gasteiger partial charge < -0.3 is 4.74 Å². The van der Waals surface area contributed by atoms with Crippen LogP contribution >= 0.6 is 0 Å². The molecule has 270 valence electrons. The molecule has 9 aromatic rings. The lowest BCUT2D eigenvalue weighted by atomic mass is 9.66. The summed E-state index contributed by atoms with van der Waals surface area (Å²) >= 11 is 0. The monoisotopic (exact) mass is 740 g/mol. The molecule has 1 spiro atoms. The van der Waals surface area contributed by atoms with E-state index in [1.165, 1.54) is 22.3 Å². The molecule has 0 fully saturated rings. The van der Waals surface area contributed by atoms with E-state index in [4.69, 9.17) is 19.7 Å². The van der Waals surface area contributed by atoms with Gasteiger partial charge in [0.05, 0.1) is 17.0 Å². The Morgan fingerprint density at radius 2 is 0.810 bits per heavy atom. The highest BCUT2D eigenvalue weighted by Crippen LogP contribution is 2.62. The fourth-order valence-electron chi connectivity index (χ4n) is 8.82. The van der Waals surface area contributed by atoms with Gasteiger partial charge in [-0.15, -0.1) is 0 Å². The van der Waals surface area contributed by atoms with E-state index < -0.39 is 5.41 Å². The summed E-state index contributed by atoms with van der Waals surface area (Å²) in [6, 6.07) is 69.0. The first-order chi connectivity index (χ1) is 28.7. The molecular weight excluding hydrogens is 709 g/mol. The van der Waals surface area contributed by atoms with Crippen molar-refractivity contribution in [2.75, 3.05) is 0 Å². The first kappa shape index (κ1) is 33.4. The van der Waals surface area contributed by atoms with Gasteiger partial charge in [0.25, 0.3) is 0 Å². The molecule has 0 radical (unpaired) electrons. The highest BCUT2D eigenvalue weighted by atomic mass is 16.5. The van der Waals surface area contributed by atoms with E-state index in [1.807, 2.05) is 72.8 Å². The molecule has 0 bridgehead atoms. The highest BCUT2D eigenvalue weighted by Gasteiger charge is 2.51. The van der Waals surface area contributed by atoms with Crippen LogP contribution in [0, 0.1) is 11.3 Å².